The fourth-order valence-corrected chi connectivity index (χ4v) is 3.69. The van der Waals surface area contributed by atoms with Crippen LogP contribution < -0.4 is 0 Å². The molecule has 2 saturated heterocycles. The third-order valence-corrected chi connectivity index (χ3v) is 4.81. The molecule has 3 rings (SSSR count). The number of carbonyl (C=O) groups excluding carboxylic acids is 1. The van der Waals surface area contributed by atoms with Crippen molar-refractivity contribution >= 4 is 5.97 Å². The van der Waals surface area contributed by atoms with Crippen LogP contribution in [0.3, 0.4) is 0 Å². The molecule has 1 aromatic rings. The highest BCUT2D eigenvalue weighted by Crippen LogP contribution is 2.31. The van der Waals surface area contributed by atoms with E-state index >= 15 is 0 Å². The molecule has 0 unspecified atom stereocenters. The summed E-state index contributed by atoms with van der Waals surface area (Å²) in [5.41, 5.74) is -0.323. The van der Waals surface area contributed by atoms with E-state index in [9.17, 15) is 13.6 Å². The summed E-state index contributed by atoms with van der Waals surface area (Å²) in [7, 11) is 0. The van der Waals surface area contributed by atoms with Crippen LogP contribution in [0.2, 0.25) is 0 Å². The van der Waals surface area contributed by atoms with Crippen molar-refractivity contribution in [3.05, 3.63) is 35.4 Å². The van der Waals surface area contributed by atoms with Gasteiger partial charge in [0.15, 0.2) is 0 Å². The Kier molecular flexibility index (Phi) is 4.71. The number of fused-ring (bicyclic) bond motifs is 1. The zero-order valence-corrected chi connectivity index (χ0v) is 12.6. The lowest BCUT2D eigenvalue weighted by atomic mass is 9.84. The zero-order valence-electron chi connectivity index (χ0n) is 12.6. The van der Waals surface area contributed by atoms with Crippen molar-refractivity contribution in [3.63, 3.8) is 0 Å². The van der Waals surface area contributed by atoms with Gasteiger partial charge < -0.3 is 4.74 Å². The Hall–Kier alpha value is -1.49. The van der Waals surface area contributed by atoms with Gasteiger partial charge in [0.05, 0.1) is 12.2 Å². The molecule has 2 aliphatic heterocycles. The van der Waals surface area contributed by atoms with E-state index in [2.05, 4.69) is 4.90 Å². The van der Waals surface area contributed by atoms with E-state index in [1.807, 2.05) is 0 Å². The summed E-state index contributed by atoms with van der Waals surface area (Å²) in [5.74, 6) is -1.85. The molecule has 2 atom stereocenters. The second-order valence-electron chi connectivity index (χ2n) is 6.22. The van der Waals surface area contributed by atoms with Crippen molar-refractivity contribution in [2.75, 3.05) is 19.7 Å². The molecule has 3 nitrogen and oxygen atoms in total. The van der Waals surface area contributed by atoms with Crippen LogP contribution in [0.4, 0.5) is 8.78 Å². The largest absolute Gasteiger partial charge is 0.462 e. The van der Waals surface area contributed by atoms with Crippen molar-refractivity contribution in [2.45, 2.75) is 38.1 Å². The lowest BCUT2D eigenvalue weighted by molar-refractivity contribution is 0.00709. The number of nitrogens with zero attached hydrogens (tertiary/aromatic N) is 1. The number of halogens is 2. The second-order valence-corrected chi connectivity index (χ2v) is 6.22. The van der Waals surface area contributed by atoms with Crippen molar-refractivity contribution in [1.82, 2.24) is 4.90 Å². The number of hydrogen-bond acceptors (Lipinski definition) is 3. The maximum absolute atomic E-state index is 13.6. The minimum absolute atomic E-state index is 0.288. The number of rotatable bonds is 3. The van der Waals surface area contributed by atoms with Crippen molar-refractivity contribution in [1.29, 1.82) is 0 Å². The van der Waals surface area contributed by atoms with Gasteiger partial charge in [-0.1, -0.05) is 6.42 Å². The van der Waals surface area contributed by atoms with E-state index < -0.39 is 17.6 Å². The van der Waals surface area contributed by atoms with Crippen LogP contribution in [0, 0.1) is 17.6 Å². The predicted octanol–water partition coefficient (Wildman–Crippen LogP) is 3.39. The van der Waals surface area contributed by atoms with Gasteiger partial charge in [0.2, 0.25) is 0 Å². The van der Waals surface area contributed by atoms with Gasteiger partial charge in [-0.05, 0) is 57.0 Å². The molecule has 0 N–H and O–H groups in total. The number of ether oxygens (including phenoxy) is 1. The average Bonchev–Trinajstić information content (AvgIpc) is 2.54. The van der Waals surface area contributed by atoms with Gasteiger partial charge in [0, 0.05) is 12.0 Å². The lowest BCUT2D eigenvalue weighted by Crippen LogP contribution is -2.49. The van der Waals surface area contributed by atoms with Crippen molar-refractivity contribution in [2.24, 2.45) is 5.92 Å². The first kappa shape index (κ1) is 15.4. The van der Waals surface area contributed by atoms with Crippen LogP contribution in [0.15, 0.2) is 18.2 Å². The summed E-state index contributed by atoms with van der Waals surface area (Å²) in [5, 5.41) is 0. The normalized spacial score (nSPS) is 25.5. The summed E-state index contributed by atoms with van der Waals surface area (Å²) in [4.78, 5) is 14.5. The Labute approximate surface area is 129 Å². The Balaban J connectivity index is 1.61. The first-order valence-corrected chi connectivity index (χ1v) is 8.01. The molecule has 0 bridgehead atoms. The van der Waals surface area contributed by atoms with Gasteiger partial charge in [-0.3, -0.25) is 4.90 Å². The average molecular weight is 309 g/mol. The Morgan fingerprint density at radius 3 is 2.86 bits per heavy atom. The van der Waals surface area contributed by atoms with Crippen molar-refractivity contribution in [3.8, 4) is 0 Å². The standard InChI is InChI=1S/C17H21F2NO2/c18-13-6-7-15(19)14(10-13)17(21)22-11-12-4-3-9-20-8-2-1-5-16(12)20/h6-7,10,12,16H,1-5,8-9,11H2/t12-,16+/m0/s1. The minimum atomic E-state index is -0.773. The quantitative estimate of drug-likeness (QED) is 0.802. The molecule has 0 aromatic heterocycles. The van der Waals surface area contributed by atoms with E-state index in [1.54, 1.807) is 0 Å². The smallest absolute Gasteiger partial charge is 0.341 e. The Bertz CT molecular complexity index is 547. The molecule has 120 valence electrons. The highest BCUT2D eigenvalue weighted by Gasteiger charge is 2.33. The molecule has 0 radical (unpaired) electrons. The molecular formula is C17H21F2NO2. The first-order valence-electron chi connectivity index (χ1n) is 8.01. The van der Waals surface area contributed by atoms with E-state index in [4.69, 9.17) is 4.74 Å². The van der Waals surface area contributed by atoms with Gasteiger partial charge in [-0.15, -0.1) is 0 Å². The molecule has 5 heteroatoms. The van der Waals surface area contributed by atoms with Gasteiger partial charge in [-0.25, -0.2) is 13.6 Å². The summed E-state index contributed by atoms with van der Waals surface area (Å²) in [6.45, 7) is 2.53. The highest BCUT2D eigenvalue weighted by molar-refractivity contribution is 5.89. The van der Waals surface area contributed by atoms with Crippen molar-refractivity contribution < 1.29 is 18.3 Å². The molecule has 2 aliphatic rings. The molecule has 2 heterocycles. The summed E-state index contributed by atoms with van der Waals surface area (Å²) < 4.78 is 32.0. The first-order chi connectivity index (χ1) is 10.6. The molecule has 0 amide bonds. The molecule has 22 heavy (non-hydrogen) atoms. The van der Waals surface area contributed by atoms with Crippen LogP contribution >= 0.6 is 0 Å². The number of benzene rings is 1. The van der Waals surface area contributed by atoms with Gasteiger partial charge in [0.1, 0.15) is 11.6 Å². The van der Waals surface area contributed by atoms with E-state index in [0.717, 1.165) is 50.6 Å². The summed E-state index contributed by atoms with van der Waals surface area (Å²) >= 11 is 0. The molecule has 1 aromatic carbocycles. The number of hydrogen-bond donors (Lipinski definition) is 0. The second kappa shape index (κ2) is 6.73. The molecule has 2 fully saturated rings. The fraction of sp³-hybridized carbons (Fsp3) is 0.588. The number of esters is 1. The number of carbonyl (C=O) groups is 1. The molecular weight excluding hydrogens is 288 g/mol. The van der Waals surface area contributed by atoms with Crippen LogP contribution in [0.25, 0.3) is 0 Å². The van der Waals surface area contributed by atoms with Gasteiger partial charge >= 0.3 is 5.97 Å². The van der Waals surface area contributed by atoms with Crippen LogP contribution in [0.1, 0.15) is 42.5 Å². The Morgan fingerprint density at radius 1 is 1.18 bits per heavy atom. The summed E-state index contributed by atoms with van der Waals surface area (Å²) in [6.07, 6.45) is 5.71. The topological polar surface area (TPSA) is 29.5 Å². The number of piperidine rings is 2. The van der Waals surface area contributed by atoms with Crippen LogP contribution in [-0.4, -0.2) is 36.6 Å². The monoisotopic (exact) mass is 309 g/mol. The van der Waals surface area contributed by atoms with E-state index in [1.165, 1.54) is 12.8 Å². The zero-order chi connectivity index (χ0) is 15.5. The van der Waals surface area contributed by atoms with Crippen LogP contribution in [0.5, 0.6) is 0 Å². The molecule has 0 aliphatic carbocycles. The SMILES string of the molecule is O=C(OC[C@@H]1CCCN2CCCC[C@H]12)c1cc(F)ccc1F. The fourth-order valence-electron chi connectivity index (χ4n) is 3.69. The van der Waals surface area contributed by atoms with E-state index in [0.29, 0.717) is 12.0 Å². The lowest BCUT2D eigenvalue weighted by Gasteiger charge is -2.44. The minimum Gasteiger partial charge on any atom is -0.462 e. The summed E-state index contributed by atoms with van der Waals surface area (Å²) in [6, 6.07) is 3.31. The maximum Gasteiger partial charge on any atom is 0.341 e. The highest BCUT2D eigenvalue weighted by atomic mass is 19.1. The predicted molar refractivity (Wildman–Crippen MR) is 78.6 cm³/mol. The third-order valence-electron chi connectivity index (χ3n) is 4.81. The molecule has 0 spiro atoms. The van der Waals surface area contributed by atoms with Gasteiger partial charge in [0.25, 0.3) is 0 Å². The van der Waals surface area contributed by atoms with Crippen LogP contribution in [-0.2, 0) is 4.74 Å². The maximum atomic E-state index is 13.6. The van der Waals surface area contributed by atoms with E-state index in [-0.39, 0.29) is 12.2 Å². The van der Waals surface area contributed by atoms with Gasteiger partial charge in [-0.2, -0.15) is 0 Å². The third kappa shape index (κ3) is 3.29. The molecule has 0 saturated carbocycles. The Morgan fingerprint density at radius 2 is 2.00 bits per heavy atom.